The molecular weight excluding hydrogens is 1410 g/mol. The first-order valence-electron chi connectivity index (χ1n) is 41.2. The number of rotatable bonds is 8. The first-order valence-corrected chi connectivity index (χ1v) is 41.2. The fourth-order valence-corrected chi connectivity index (χ4v) is 22.7. The van der Waals surface area contributed by atoms with Gasteiger partial charge in [0, 0.05) is 65.8 Å². The van der Waals surface area contributed by atoms with Gasteiger partial charge in [0.1, 0.15) is 0 Å². The van der Waals surface area contributed by atoms with Gasteiger partial charge in [-0.05, 0) is 142 Å². The Bertz CT molecular complexity index is 7950. The lowest BCUT2D eigenvalue weighted by molar-refractivity contribution is 0.794. The molecule has 1 unspecified atom stereocenters. The Morgan fingerprint density at radius 2 is 0.444 bits per heavy atom. The molecule has 8 heteroatoms. The van der Waals surface area contributed by atoms with Crippen molar-refractivity contribution in [3.8, 4) is 45.0 Å². The van der Waals surface area contributed by atoms with Crippen LogP contribution in [0, 0.1) is 0 Å². The van der Waals surface area contributed by atoms with Crippen molar-refractivity contribution in [3.05, 3.63) is 435 Å². The van der Waals surface area contributed by atoms with Crippen molar-refractivity contribution < 1.29 is 0 Å². The average molecular weight is 1480 g/mol. The summed E-state index contributed by atoms with van der Waals surface area (Å²) < 4.78 is 10.1. The smallest absolute Gasteiger partial charge is 0.240 e. The number of fused-ring (bicyclic) bond motifs is 28. The maximum absolute atomic E-state index is 2.64. The predicted molar refractivity (Wildman–Crippen MR) is 497 cm³/mol. The maximum Gasteiger partial charge on any atom is 0.240 e. The largest absolute Gasteiger partial charge is 0.309 e. The van der Waals surface area contributed by atoms with Crippen molar-refractivity contribution in [2.75, 3.05) is 0 Å². The molecule has 117 heavy (non-hydrogen) atoms. The highest BCUT2D eigenvalue weighted by Crippen LogP contribution is 2.63. The summed E-state index contributed by atoms with van der Waals surface area (Å²) in [7, 11) is 0. The van der Waals surface area contributed by atoms with Crippen LogP contribution in [-0.2, 0) is 5.41 Å². The van der Waals surface area contributed by atoms with Gasteiger partial charge in [0.15, 0.2) is 0 Å². The van der Waals surface area contributed by atoms with Gasteiger partial charge in [-0.25, -0.2) is 0 Å². The van der Waals surface area contributed by atoms with Gasteiger partial charge in [-0.1, -0.05) is 381 Å². The molecule has 0 saturated carbocycles. The molecule has 18 aromatic carbocycles. The maximum atomic E-state index is 2.64. The van der Waals surface area contributed by atoms with E-state index in [1.165, 1.54) is 192 Å². The molecule has 2 aliphatic carbocycles. The predicted octanol–water partition coefficient (Wildman–Crippen LogP) is 17.1. The molecule has 1 atom stereocenters. The second-order valence-electron chi connectivity index (χ2n) is 32.7. The third-order valence-electron chi connectivity index (χ3n) is 27.2. The highest BCUT2D eigenvalue weighted by molar-refractivity contribution is 7.13. The van der Waals surface area contributed by atoms with E-state index in [9.17, 15) is 0 Å². The molecule has 6 heterocycles. The molecule has 22 aromatic rings. The molecule has 0 amide bonds. The zero-order chi connectivity index (χ0) is 76.3. The lowest BCUT2D eigenvalue weighted by Crippen LogP contribution is -2.75. The lowest BCUT2D eigenvalue weighted by Gasteiger charge is -2.36. The summed E-state index contributed by atoms with van der Waals surface area (Å²) in [6.45, 7) is -0.352. The van der Waals surface area contributed by atoms with Gasteiger partial charge >= 0.3 is 0 Å². The molecule has 4 nitrogen and oxygen atoms in total. The lowest BCUT2D eigenvalue weighted by atomic mass is 9.20. The number of hydrogen-bond donors (Lipinski definition) is 0. The molecule has 2 aliphatic heterocycles. The minimum Gasteiger partial charge on any atom is -0.309 e. The van der Waals surface area contributed by atoms with E-state index in [0.717, 1.165) is 28.3 Å². The summed E-state index contributed by atoms with van der Waals surface area (Å²) in [5, 5.41) is 9.81. The molecule has 4 aliphatic rings. The van der Waals surface area contributed by atoms with E-state index < -0.39 is 5.41 Å². The normalized spacial score (nSPS) is 14.3. The first-order chi connectivity index (χ1) is 58.1. The highest BCUT2D eigenvalue weighted by Gasteiger charge is 2.57. The highest BCUT2D eigenvalue weighted by atomic mass is 15.0. The van der Waals surface area contributed by atoms with Crippen LogP contribution in [0.2, 0.25) is 0 Å². The third kappa shape index (κ3) is 8.91. The van der Waals surface area contributed by atoms with E-state index in [1.54, 1.807) is 0 Å². The van der Waals surface area contributed by atoms with Crippen molar-refractivity contribution in [1.82, 2.24) is 18.3 Å². The van der Waals surface area contributed by atoms with Crippen molar-refractivity contribution in [2.24, 2.45) is 0 Å². The van der Waals surface area contributed by atoms with Crippen molar-refractivity contribution in [1.29, 1.82) is 0 Å². The van der Waals surface area contributed by atoms with Crippen LogP contribution in [0.15, 0.2) is 413 Å². The Morgan fingerprint density at radius 3 is 0.803 bits per heavy atom. The van der Waals surface area contributed by atoms with Crippen LogP contribution >= 0.6 is 0 Å². The van der Waals surface area contributed by atoms with Gasteiger partial charge in [-0.15, -0.1) is 0 Å². The Morgan fingerprint density at radius 1 is 0.171 bits per heavy atom. The summed E-state index contributed by atoms with van der Waals surface area (Å²) in [6.07, 6.45) is 0. The summed E-state index contributed by atoms with van der Waals surface area (Å²) in [5.41, 5.74) is 39.3. The Balaban J connectivity index is 0.815. The van der Waals surface area contributed by atoms with E-state index in [0.29, 0.717) is 0 Å². The van der Waals surface area contributed by atoms with Crippen LogP contribution < -0.4 is 65.6 Å². The minimum atomic E-state index is -0.854. The molecule has 0 fully saturated rings. The fourth-order valence-electron chi connectivity index (χ4n) is 22.7. The number of benzene rings is 18. The second-order valence-corrected chi connectivity index (χ2v) is 32.7. The van der Waals surface area contributed by atoms with Crippen LogP contribution in [-0.4, -0.2) is 45.1 Å². The van der Waals surface area contributed by atoms with E-state index in [2.05, 4.69) is 431 Å². The summed E-state index contributed by atoms with van der Waals surface area (Å²) >= 11 is 0. The summed E-state index contributed by atoms with van der Waals surface area (Å²) in [4.78, 5) is 0. The molecule has 0 radical (unpaired) electrons. The van der Waals surface area contributed by atoms with Gasteiger partial charge < -0.3 is 18.3 Å². The van der Waals surface area contributed by atoms with Gasteiger partial charge in [0.2, 0.25) is 26.9 Å². The van der Waals surface area contributed by atoms with Crippen LogP contribution in [0.5, 0.6) is 0 Å². The van der Waals surface area contributed by atoms with Crippen LogP contribution in [0.25, 0.3) is 132 Å². The monoisotopic (exact) mass is 1480 g/mol. The molecule has 536 valence electrons. The zero-order valence-corrected chi connectivity index (χ0v) is 63.9. The van der Waals surface area contributed by atoms with E-state index in [1.807, 2.05) is 0 Å². The SMILES string of the molecule is c1ccc(B2c3ccccc3B(c3ccccc3)c3c2ccc2c3-c3cc(-n4c5ccccc5c5cc6c(cc54)c4ccccc4n6-c4ccccc4)ccc3C23c2ccc(-n4c5ccccc5c5cc6c7ccccc7n(-c7ccccc7)c6cc54)cc2-c2c3ccc3c2B(c2ccccc2)c2ccccc2B3c2ccccc2)cc1. The molecule has 0 saturated heterocycles. The molecular formula is C109H68B4N4. The van der Waals surface area contributed by atoms with Crippen LogP contribution in [0.4, 0.5) is 0 Å². The van der Waals surface area contributed by atoms with Gasteiger partial charge in [-0.2, -0.15) is 0 Å². The van der Waals surface area contributed by atoms with Gasteiger partial charge in [0.25, 0.3) is 0 Å². The minimum absolute atomic E-state index is 0.0515. The zero-order valence-electron chi connectivity index (χ0n) is 63.9. The molecule has 4 aromatic heterocycles. The van der Waals surface area contributed by atoms with E-state index >= 15 is 0 Å². The van der Waals surface area contributed by atoms with Crippen molar-refractivity contribution in [3.63, 3.8) is 0 Å². The molecule has 1 spiro atoms. The quantitative estimate of drug-likeness (QED) is 0.135. The topological polar surface area (TPSA) is 19.7 Å². The molecule has 0 N–H and O–H groups in total. The Labute approximate surface area is 678 Å². The van der Waals surface area contributed by atoms with Crippen molar-refractivity contribution >= 4 is 180 Å². The Hall–Kier alpha value is -14.6. The fraction of sp³-hybridized carbons (Fsp3) is 0.00917. The first kappa shape index (κ1) is 64.9. The van der Waals surface area contributed by atoms with Crippen LogP contribution in [0.1, 0.15) is 22.3 Å². The third-order valence-corrected chi connectivity index (χ3v) is 27.2. The number of para-hydroxylation sites is 6. The van der Waals surface area contributed by atoms with Crippen molar-refractivity contribution in [2.45, 2.75) is 5.41 Å². The number of hydrogen-bond acceptors (Lipinski definition) is 0. The number of nitrogens with zero attached hydrogens (tertiary/aromatic N) is 4. The molecule has 26 rings (SSSR count). The second kappa shape index (κ2) is 24.7. The number of aromatic nitrogens is 4. The average Bonchev–Trinajstić information content (AvgIpc) is 1.49. The standard InChI is InChI=1S/C109H68B4N4/c1-7-31-69(32-8-1)110-91-47-23-25-49-93(91)112(71-35-11-3-12-36-71)107-95(110)61-59-89-105(107)85-63-75(116-100-54-30-22-46-80(100)84-66-101-83(67-102(84)116)79-45-21-28-52-98(79)114(101)73-39-15-5-16-40-73)55-57-87(85)109(89)88-58-56-76(117-99-53-29-20-44-78(99)82-65-81-77-43-19-27-51-97(77)115(103(81)68-104(82)117)74-41-17-6-18-42-74)64-86(88)106-90(109)60-62-96-108(106)113(72-37-13-4-14-38-72)94-50-26-24-48-92(94)111(96)70-33-9-2-10-34-70/h1-68H. The molecule has 0 bridgehead atoms. The summed E-state index contributed by atoms with van der Waals surface area (Å²) in [5.74, 6) is 0. The van der Waals surface area contributed by atoms with Crippen LogP contribution in [0.3, 0.4) is 0 Å². The van der Waals surface area contributed by atoms with E-state index in [-0.39, 0.29) is 26.9 Å². The van der Waals surface area contributed by atoms with Gasteiger partial charge in [-0.3, -0.25) is 0 Å². The summed E-state index contributed by atoms with van der Waals surface area (Å²) in [6, 6.07) is 158. The Kier molecular flexibility index (Phi) is 13.7. The van der Waals surface area contributed by atoms with Gasteiger partial charge in [0.05, 0.1) is 49.5 Å². The van der Waals surface area contributed by atoms with E-state index in [4.69, 9.17) is 0 Å².